The predicted octanol–water partition coefficient (Wildman–Crippen LogP) is 2.82. The highest BCUT2D eigenvalue weighted by atomic mass is 32.2. The van der Waals surface area contributed by atoms with Crippen LogP contribution in [0.3, 0.4) is 0 Å². The fourth-order valence-corrected chi connectivity index (χ4v) is 3.40. The van der Waals surface area contributed by atoms with E-state index in [-0.39, 0.29) is 10.6 Å². The summed E-state index contributed by atoms with van der Waals surface area (Å²) in [4.78, 5) is -0.00615. The molecule has 0 unspecified atom stereocenters. The molecule has 2 aromatic carbocycles. The molecule has 0 fully saturated rings. The molecule has 2 rings (SSSR count). The first-order valence-corrected chi connectivity index (χ1v) is 8.29. The van der Waals surface area contributed by atoms with Crippen LogP contribution in [0.1, 0.15) is 5.56 Å². The van der Waals surface area contributed by atoms with Crippen LogP contribution in [0.2, 0.25) is 0 Å². The van der Waals surface area contributed by atoms with E-state index in [9.17, 15) is 8.42 Å². The summed E-state index contributed by atoms with van der Waals surface area (Å²) in [6, 6.07) is 9.82. The van der Waals surface area contributed by atoms with Crippen LogP contribution in [-0.4, -0.2) is 29.7 Å². The number of rotatable bonds is 6. The van der Waals surface area contributed by atoms with Gasteiger partial charge in [0, 0.05) is 6.07 Å². The Bertz CT molecular complexity index is 802. The molecule has 0 aliphatic heterocycles. The third-order valence-corrected chi connectivity index (χ3v) is 4.71. The molecule has 0 saturated carbocycles. The van der Waals surface area contributed by atoms with Gasteiger partial charge in [-0.25, -0.2) is 8.42 Å². The van der Waals surface area contributed by atoms with E-state index < -0.39 is 10.0 Å². The molecular formula is C16H19NO5S. The molecule has 2 aromatic rings. The lowest BCUT2D eigenvalue weighted by atomic mass is 10.2. The number of hydrogen-bond donors (Lipinski definition) is 1. The number of para-hydroxylation sites is 2. The minimum atomic E-state index is -3.87. The summed E-state index contributed by atoms with van der Waals surface area (Å²) in [6.45, 7) is 1.81. The van der Waals surface area contributed by atoms with Crippen LogP contribution < -0.4 is 18.9 Å². The Morgan fingerprint density at radius 3 is 2.09 bits per heavy atom. The van der Waals surface area contributed by atoms with Gasteiger partial charge in [-0.3, -0.25) is 4.72 Å². The van der Waals surface area contributed by atoms with Crippen molar-refractivity contribution in [2.24, 2.45) is 0 Å². The Morgan fingerprint density at radius 1 is 0.870 bits per heavy atom. The minimum Gasteiger partial charge on any atom is -0.496 e. The van der Waals surface area contributed by atoms with Crippen molar-refractivity contribution in [1.29, 1.82) is 0 Å². The van der Waals surface area contributed by atoms with Gasteiger partial charge >= 0.3 is 0 Å². The fraction of sp³-hybridized carbons (Fsp3) is 0.250. The molecule has 0 aliphatic rings. The summed E-state index contributed by atoms with van der Waals surface area (Å²) in [7, 11) is 0.507. The second-order valence-electron chi connectivity index (χ2n) is 4.78. The molecule has 0 atom stereocenters. The summed E-state index contributed by atoms with van der Waals surface area (Å²) in [5.74, 6) is 1.13. The van der Waals surface area contributed by atoms with E-state index in [4.69, 9.17) is 14.2 Å². The fourth-order valence-electron chi connectivity index (χ4n) is 2.16. The molecule has 0 bridgehead atoms. The van der Waals surface area contributed by atoms with E-state index in [2.05, 4.69) is 4.72 Å². The number of nitrogens with one attached hydrogen (secondary N) is 1. The number of benzene rings is 2. The van der Waals surface area contributed by atoms with Crippen LogP contribution in [0.5, 0.6) is 17.2 Å². The van der Waals surface area contributed by atoms with Gasteiger partial charge in [-0.15, -0.1) is 0 Å². The van der Waals surface area contributed by atoms with Gasteiger partial charge in [-0.05, 0) is 30.7 Å². The highest BCUT2D eigenvalue weighted by Gasteiger charge is 2.23. The molecule has 0 saturated heterocycles. The van der Waals surface area contributed by atoms with Crippen LogP contribution in [0.4, 0.5) is 5.69 Å². The highest BCUT2D eigenvalue weighted by molar-refractivity contribution is 7.92. The van der Waals surface area contributed by atoms with Crippen molar-refractivity contribution in [3.8, 4) is 17.2 Å². The van der Waals surface area contributed by atoms with E-state index >= 15 is 0 Å². The van der Waals surface area contributed by atoms with Crippen molar-refractivity contribution in [1.82, 2.24) is 0 Å². The first-order valence-electron chi connectivity index (χ1n) is 6.81. The average molecular weight is 337 g/mol. The lowest BCUT2D eigenvalue weighted by Crippen LogP contribution is -2.15. The average Bonchev–Trinajstić information content (AvgIpc) is 2.54. The minimum absolute atomic E-state index is 0.00615. The van der Waals surface area contributed by atoms with Gasteiger partial charge in [-0.2, -0.15) is 0 Å². The summed E-state index contributed by atoms with van der Waals surface area (Å²) < 4.78 is 43.5. The van der Waals surface area contributed by atoms with Gasteiger partial charge in [-0.1, -0.05) is 12.1 Å². The lowest BCUT2D eigenvalue weighted by Gasteiger charge is -2.15. The molecule has 0 aromatic heterocycles. The van der Waals surface area contributed by atoms with Gasteiger partial charge in [0.05, 0.1) is 27.0 Å². The zero-order chi connectivity index (χ0) is 17.0. The maximum absolute atomic E-state index is 12.7. The second-order valence-corrected chi connectivity index (χ2v) is 6.43. The number of ether oxygens (including phenoxy) is 3. The number of anilines is 1. The highest BCUT2D eigenvalue weighted by Crippen LogP contribution is 2.34. The van der Waals surface area contributed by atoms with Crippen molar-refractivity contribution in [3.63, 3.8) is 0 Å². The summed E-state index contributed by atoms with van der Waals surface area (Å²) in [6.07, 6.45) is 0. The van der Waals surface area contributed by atoms with E-state index in [1.54, 1.807) is 30.3 Å². The molecule has 6 nitrogen and oxygen atoms in total. The zero-order valence-electron chi connectivity index (χ0n) is 13.4. The van der Waals surface area contributed by atoms with Crippen molar-refractivity contribution < 1.29 is 22.6 Å². The third kappa shape index (κ3) is 3.50. The second kappa shape index (κ2) is 6.78. The molecule has 0 amide bonds. The normalized spacial score (nSPS) is 11.0. The van der Waals surface area contributed by atoms with Gasteiger partial charge in [0.25, 0.3) is 10.0 Å². The molecule has 23 heavy (non-hydrogen) atoms. The van der Waals surface area contributed by atoms with Crippen LogP contribution in [0, 0.1) is 6.92 Å². The largest absolute Gasteiger partial charge is 0.496 e. The standard InChI is InChI=1S/C16H19NO5S/c1-11-9-15(22-4)16(10-14(11)21-3)23(18,19)17-12-7-5-6-8-13(12)20-2/h5-10,17H,1-4H3. The number of aryl methyl sites for hydroxylation is 1. The molecule has 7 heteroatoms. The summed E-state index contributed by atoms with van der Waals surface area (Å²) in [5.41, 5.74) is 1.12. The Balaban J connectivity index is 2.51. The zero-order valence-corrected chi connectivity index (χ0v) is 14.2. The van der Waals surface area contributed by atoms with Gasteiger partial charge in [0.2, 0.25) is 0 Å². The van der Waals surface area contributed by atoms with Gasteiger partial charge < -0.3 is 14.2 Å². The molecule has 124 valence electrons. The first-order chi connectivity index (χ1) is 10.9. The number of methoxy groups -OCH3 is 3. The van der Waals surface area contributed by atoms with Crippen molar-refractivity contribution in [3.05, 3.63) is 42.0 Å². The van der Waals surface area contributed by atoms with E-state index in [0.29, 0.717) is 17.2 Å². The molecule has 0 spiro atoms. The van der Waals surface area contributed by atoms with E-state index in [1.165, 1.54) is 27.4 Å². The Morgan fingerprint density at radius 2 is 1.48 bits per heavy atom. The lowest BCUT2D eigenvalue weighted by molar-refractivity contribution is 0.390. The summed E-state index contributed by atoms with van der Waals surface area (Å²) in [5, 5.41) is 0. The van der Waals surface area contributed by atoms with Gasteiger partial charge in [0.15, 0.2) is 0 Å². The van der Waals surface area contributed by atoms with Crippen LogP contribution in [0.25, 0.3) is 0 Å². The number of sulfonamides is 1. The van der Waals surface area contributed by atoms with Crippen molar-refractivity contribution >= 4 is 15.7 Å². The van der Waals surface area contributed by atoms with Crippen molar-refractivity contribution in [2.75, 3.05) is 26.1 Å². The molecule has 1 N–H and O–H groups in total. The molecule has 0 aliphatic carbocycles. The predicted molar refractivity (Wildman–Crippen MR) is 88.1 cm³/mol. The maximum Gasteiger partial charge on any atom is 0.265 e. The monoisotopic (exact) mass is 337 g/mol. The van der Waals surface area contributed by atoms with E-state index in [0.717, 1.165) is 5.56 Å². The van der Waals surface area contributed by atoms with Crippen LogP contribution in [0.15, 0.2) is 41.3 Å². The first kappa shape index (κ1) is 17.0. The smallest absolute Gasteiger partial charge is 0.265 e. The molecule has 0 heterocycles. The maximum atomic E-state index is 12.7. The van der Waals surface area contributed by atoms with Crippen LogP contribution in [-0.2, 0) is 10.0 Å². The van der Waals surface area contributed by atoms with E-state index in [1.807, 2.05) is 6.92 Å². The van der Waals surface area contributed by atoms with Gasteiger partial charge in [0.1, 0.15) is 22.1 Å². The Labute approximate surface area is 136 Å². The Hall–Kier alpha value is -2.41. The van der Waals surface area contributed by atoms with Crippen molar-refractivity contribution in [2.45, 2.75) is 11.8 Å². The molecular weight excluding hydrogens is 318 g/mol. The quantitative estimate of drug-likeness (QED) is 0.877. The third-order valence-electron chi connectivity index (χ3n) is 3.32. The summed E-state index contributed by atoms with van der Waals surface area (Å²) >= 11 is 0. The Kier molecular flexibility index (Phi) is 5.00. The topological polar surface area (TPSA) is 73.9 Å². The number of hydrogen-bond acceptors (Lipinski definition) is 5. The van der Waals surface area contributed by atoms with Crippen LogP contribution >= 0.6 is 0 Å². The SMILES string of the molecule is COc1cc(S(=O)(=O)Nc2ccccc2OC)c(OC)cc1C. The molecule has 0 radical (unpaired) electrons.